The summed E-state index contributed by atoms with van der Waals surface area (Å²) in [6.07, 6.45) is 2.24. The summed E-state index contributed by atoms with van der Waals surface area (Å²) in [7, 11) is 3.45. The summed E-state index contributed by atoms with van der Waals surface area (Å²) in [5, 5.41) is 15.1. The zero-order valence-corrected chi connectivity index (χ0v) is 15.3. The number of thiazole rings is 1. The van der Waals surface area contributed by atoms with Crippen LogP contribution in [-0.4, -0.2) is 38.2 Å². The average molecular weight is 370 g/mol. The smallest absolute Gasteiger partial charge is 0.291 e. The Bertz CT molecular complexity index is 1160. The quantitative estimate of drug-likeness (QED) is 0.581. The molecule has 0 unspecified atom stereocenters. The van der Waals surface area contributed by atoms with Crippen LogP contribution in [0.3, 0.4) is 0 Å². The predicted octanol–water partition coefficient (Wildman–Crippen LogP) is 1.94. The Morgan fingerprint density at radius 3 is 2.96 bits per heavy atom. The third-order valence-corrected chi connectivity index (χ3v) is 5.50. The number of aryl methyl sites for hydroxylation is 1. The minimum Gasteiger partial charge on any atom is -0.497 e. The number of aliphatic hydroxyl groups excluding tert-OH is 1. The highest BCUT2D eigenvalue weighted by Gasteiger charge is 2.18. The van der Waals surface area contributed by atoms with E-state index in [1.807, 2.05) is 35.9 Å². The highest BCUT2D eigenvalue weighted by molar-refractivity contribution is 7.19. The van der Waals surface area contributed by atoms with Crippen molar-refractivity contribution in [3.05, 3.63) is 51.4 Å². The van der Waals surface area contributed by atoms with Crippen LogP contribution in [-0.2, 0) is 20.0 Å². The summed E-state index contributed by atoms with van der Waals surface area (Å²) in [5.74, 6) is 0.747. The summed E-state index contributed by atoms with van der Waals surface area (Å²) in [6, 6.07) is 7.59. The van der Waals surface area contributed by atoms with Crippen LogP contribution in [0.2, 0.25) is 0 Å². The van der Waals surface area contributed by atoms with E-state index in [-0.39, 0.29) is 12.2 Å². The molecular weight excluding hydrogens is 352 g/mol. The molecule has 0 saturated heterocycles. The number of hydrogen-bond acceptors (Lipinski definition) is 6. The van der Waals surface area contributed by atoms with Gasteiger partial charge in [0.1, 0.15) is 11.3 Å². The summed E-state index contributed by atoms with van der Waals surface area (Å²) in [4.78, 5) is 17.5. The second kappa shape index (κ2) is 6.54. The maximum atomic E-state index is 13.0. The lowest BCUT2D eigenvalue weighted by atomic mass is 10.2. The molecule has 134 valence electrons. The highest BCUT2D eigenvalue weighted by atomic mass is 32.1. The van der Waals surface area contributed by atoms with Crippen molar-refractivity contribution in [2.24, 2.45) is 7.05 Å². The van der Waals surface area contributed by atoms with Gasteiger partial charge in [-0.1, -0.05) is 12.1 Å². The van der Waals surface area contributed by atoms with Gasteiger partial charge in [-0.05, 0) is 17.7 Å². The van der Waals surface area contributed by atoms with Gasteiger partial charge in [-0.2, -0.15) is 5.10 Å². The van der Waals surface area contributed by atoms with E-state index in [1.165, 1.54) is 16.0 Å². The lowest BCUT2D eigenvalue weighted by Crippen LogP contribution is -2.24. The maximum Gasteiger partial charge on any atom is 0.291 e. The monoisotopic (exact) mass is 370 g/mol. The Balaban J connectivity index is 1.81. The van der Waals surface area contributed by atoms with Crippen LogP contribution in [0.5, 0.6) is 5.75 Å². The number of hydrogen-bond donors (Lipinski definition) is 1. The molecule has 0 aliphatic heterocycles. The number of methoxy groups -OCH3 is 1. The molecule has 8 heteroatoms. The van der Waals surface area contributed by atoms with Crippen LogP contribution in [0.1, 0.15) is 10.6 Å². The van der Waals surface area contributed by atoms with Crippen molar-refractivity contribution >= 4 is 32.6 Å². The number of aliphatic hydroxyl groups is 1. The van der Waals surface area contributed by atoms with Crippen LogP contribution in [0.15, 0.2) is 35.3 Å². The number of aromatic nitrogens is 4. The number of nitrogens with zero attached hydrogens (tertiary/aromatic N) is 4. The molecular formula is C18H18N4O3S. The maximum absolute atomic E-state index is 13.0. The average Bonchev–Trinajstić information content (AvgIpc) is 3.17. The van der Waals surface area contributed by atoms with Crippen LogP contribution in [0.25, 0.3) is 21.3 Å². The van der Waals surface area contributed by atoms with E-state index in [4.69, 9.17) is 9.84 Å². The molecule has 0 saturated carbocycles. The van der Waals surface area contributed by atoms with Gasteiger partial charge in [0, 0.05) is 25.5 Å². The first-order valence-corrected chi connectivity index (χ1v) is 9.01. The molecule has 0 aliphatic rings. The lowest BCUT2D eigenvalue weighted by Gasteiger charge is -2.07. The van der Waals surface area contributed by atoms with Crippen LogP contribution in [0, 0.1) is 0 Å². The number of rotatable bonds is 5. The Hall–Kier alpha value is -2.71. The van der Waals surface area contributed by atoms with E-state index < -0.39 is 0 Å². The minimum atomic E-state index is -0.151. The summed E-state index contributed by atoms with van der Waals surface area (Å²) >= 11 is 1.50. The molecule has 7 nitrogen and oxygen atoms in total. The van der Waals surface area contributed by atoms with E-state index in [0.717, 1.165) is 32.1 Å². The molecule has 0 aliphatic carbocycles. The van der Waals surface area contributed by atoms with Crippen molar-refractivity contribution in [1.29, 1.82) is 0 Å². The Labute approximate surface area is 153 Å². The molecule has 0 bridgehead atoms. The minimum absolute atomic E-state index is 0.0589. The first-order chi connectivity index (χ1) is 12.6. The molecule has 4 rings (SSSR count). The molecule has 1 N–H and O–H groups in total. The topological polar surface area (TPSA) is 82.2 Å². The van der Waals surface area contributed by atoms with Gasteiger partial charge in [0.15, 0.2) is 5.65 Å². The van der Waals surface area contributed by atoms with Crippen molar-refractivity contribution in [2.45, 2.75) is 13.0 Å². The van der Waals surface area contributed by atoms with Crippen molar-refractivity contribution < 1.29 is 9.84 Å². The number of fused-ring (bicyclic) bond motifs is 3. The van der Waals surface area contributed by atoms with Crippen molar-refractivity contribution in [3.8, 4) is 5.75 Å². The van der Waals surface area contributed by atoms with Gasteiger partial charge in [0.2, 0.25) is 0 Å². The molecule has 26 heavy (non-hydrogen) atoms. The van der Waals surface area contributed by atoms with E-state index in [0.29, 0.717) is 18.5 Å². The summed E-state index contributed by atoms with van der Waals surface area (Å²) in [6.45, 7) is 0.428. The van der Waals surface area contributed by atoms with Gasteiger partial charge in [-0.15, -0.1) is 11.3 Å². The standard InChI is InChI=1S/C18H18N4O3S/c1-21-15-13(16-17(21)20-14(26-16)6-7-23)9-19-22(18(15)24)10-11-4-3-5-12(8-11)25-2/h3-5,8-9,23H,6-7,10H2,1-2H3. The van der Waals surface area contributed by atoms with Crippen LogP contribution < -0.4 is 10.3 Å². The normalized spacial score (nSPS) is 11.5. The highest BCUT2D eigenvalue weighted by Crippen LogP contribution is 2.30. The number of benzene rings is 1. The van der Waals surface area contributed by atoms with Crippen molar-refractivity contribution in [3.63, 3.8) is 0 Å². The zero-order chi connectivity index (χ0) is 18.3. The lowest BCUT2D eigenvalue weighted by molar-refractivity contribution is 0.299. The third kappa shape index (κ3) is 2.67. The fourth-order valence-electron chi connectivity index (χ4n) is 3.09. The Kier molecular flexibility index (Phi) is 4.21. The molecule has 3 heterocycles. The fraction of sp³-hybridized carbons (Fsp3) is 0.278. The van der Waals surface area contributed by atoms with Gasteiger partial charge in [0.05, 0.1) is 29.6 Å². The van der Waals surface area contributed by atoms with Gasteiger partial charge in [0.25, 0.3) is 5.56 Å². The first-order valence-electron chi connectivity index (χ1n) is 8.20. The van der Waals surface area contributed by atoms with E-state index >= 15 is 0 Å². The Morgan fingerprint density at radius 2 is 2.19 bits per heavy atom. The Morgan fingerprint density at radius 1 is 1.35 bits per heavy atom. The number of ether oxygens (including phenoxy) is 1. The van der Waals surface area contributed by atoms with E-state index in [1.54, 1.807) is 13.3 Å². The summed E-state index contributed by atoms with van der Waals surface area (Å²) < 4.78 is 9.44. The predicted molar refractivity (Wildman–Crippen MR) is 101 cm³/mol. The van der Waals surface area contributed by atoms with Gasteiger partial charge < -0.3 is 14.4 Å². The van der Waals surface area contributed by atoms with Gasteiger partial charge in [-0.25, -0.2) is 9.67 Å². The van der Waals surface area contributed by atoms with Gasteiger partial charge in [-0.3, -0.25) is 4.79 Å². The molecule has 0 amide bonds. The fourth-order valence-corrected chi connectivity index (χ4v) is 4.19. The van der Waals surface area contributed by atoms with Crippen molar-refractivity contribution in [1.82, 2.24) is 19.3 Å². The van der Waals surface area contributed by atoms with Crippen molar-refractivity contribution in [2.75, 3.05) is 13.7 Å². The molecule has 3 aromatic heterocycles. The van der Waals surface area contributed by atoms with Crippen LogP contribution in [0.4, 0.5) is 0 Å². The molecule has 4 aromatic rings. The van der Waals surface area contributed by atoms with Gasteiger partial charge >= 0.3 is 0 Å². The SMILES string of the molecule is COc1cccc(Cn2ncc3c4sc(CCO)nc4n(C)c3c2=O)c1. The van der Waals surface area contributed by atoms with E-state index in [2.05, 4.69) is 10.1 Å². The van der Waals surface area contributed by atoms with E-state index in [9.17, 15) is 4.79 Å². The largest absolute Gasteiger partial charge is 0.497 e. The molecule has 0 spiro atoms. The summed E-state index contributed by atoms with van der Waals surface area (Å²) in [5.41, 5.74) is 2.14. The molecule has 1 aromatic carbocycles. The third-order valence-electron chi connectivity index (χ3n) is 4.36. The zero-order valence-electron chi connectivity index (χ0n) is 14.5. The second-order valence-electron chi connectivity index (χ2n) is 6.01. The second-order valence-corrected chi connectivity index (χ2v) is 7.10. The molecule has 0 radical (unpaired) electrons. The molecule has 0 fully saturated rings. The van der Waals surface area contributed by atoms with Crippen LogP contribution >= 0.6 is 11.3 Å². The molecule has 0 atom stereocenters. The first kappa shape index (κ1) is 16.7.